The van der Waals surface area contributed by atoms with Gasteiger partial charge >= 0.3 is 0 Å². The highest BCUT2D eigenvalue weighted by Gasteiger charge is 2.51. The molecule has 30 heavy (non-hydrogen) atoms. The van der Waals surface area contributed by atoms with Crippen molar-refractivity contribution in [2.75, 3.05) is 13.2 Å². The number of hydrogen-bond donors (Lipinski definition) is 7. The summed E-state index contributed by atoms with van der Waals surface area (Å²) in [6.07, 6.45) is -9.29. The van der Waals surface area contributed by atoms with Crippen LogP contribution in [0.15, 0.2) is 0 Å². The second kappa shape index (κ2) is 10.8. The van der Waals surface area contributed by atoms with Crippen molar-refractivity contribution in [3.05, 3.63) is 0 Å². The summed E-state index contributed by atoms with van der Waals surface area (Å²) >= 11 is 0. The predicted molar refractivity (Wildman–Crippen MR) is 99.9 cm³/mol. The Morgan fingerprint density at radius 2 is 1.40 bits per heavy atom. The first-order chi connectivity index (χ1) is 14.1. The molecule has 10 unspecified atom stereocenters. The molecule has 0 saturated carbocycles. The molecule has 12 heteroatoms. The van der Waals surface area contributed by atoms with Crippen LogP contribution in [0, 0.1) is 0 Å². The van der Waals surface area contributed by atoms with Gasteiger partial charge in [0.05, 0.1) is 25.4 Å². The topological polar surface area (TPSA) is 187 Å². The van der Waals surface area contributed by atoms with E-state index in [9.17, 15) is 35.1 Å². The number of nitrogens with one attached hydrogen (secondary N) is 2. The highest BCUT2D eigenvalue weighted by atomic mass is 16.7. The molecule has 2 aliphatic heterocycles. The third kappa shape index (κ3) is 5.45. The lowest BCUT2D eigenvalue weighted by Gasteiger charge is -2.48. The van der Waals surface area contributed by atoms with Crippen molar-refractivity contribution in [3.63, 3.8) is 0 Å². The Kier molecular flexibility index (Phi) is 8.94. The van der Waals surface area contributed by atoms with Gasteiger partial charge in [0.25, 0.3) is 0 Å². The lowest BCUT2D eigenvalue weighted by molar-refractivity contribution is -0.314. The van der Waals surface area contributed by atoms with Crippen LogP contribution in [0.1, 0.15) is 27.2 Å². The first-order valence-electron chi connectivity index (χ1n) is 9.91. The van der Waals surface area contributed by atoms with Crippen molar-refractivity contribution in [1.29, 1.82) is 0 Å². The van der Waals surface area contributed by atoms with E-state index in [-0.39, 0.29) is 0 Å². The van der Waals surface area contributed by atoms with Crippen LogP contribution in [0.3, 0.4) is 0 Å². The molecular formula is C18H32N2O10. The fourth-order valence-corrected chi connectivity index (χ4v) is 3.85. The van der Waals surface area contributed by atoms with E-state index in [0.717, 1.165) is 0 Å². The maximum absolute atomic E-state index is 11.6. The zero-order valence-corrected chi connectivity index (χ0v) is 17.2. The minimum Gasteiger partial charge on any atom is -0.394 e. The van der Waals surface area contributed by atoms with Crippen molar-refractivity contribution < 1.29 is 49.3 Å². The maximum atomic E-state index is 11.6. The van der Waals surface area contributed by atoms with E-state index >= 15 is 0 Å². The van der Waals surface area contributed by atoms with Gasteiger partial charge < -0.3 is 50.4 Å². The number of ether oxygens (including phenoxy) is 3. The van der Waals surface area contributed by atoms with Crippen molar-refractivity contribution in [2.45, 2.75) is 88.3 Å². The Morgan fingerprint density at radius 3 is 1.90 bits per heavy atom. The molecule has 0 aromatic rings. The number of hydrogen-bond acceptors (Lipinski definition) is 10. The van der Waals surface area contributed by atoms with Crippen LogP contribution in [0.4, 0.5) is 0 Å². The van der Waals surface area contributed by atoms with Gasteiger partial charge in [0.15, 0.2) is 6.29 Å². The molecule has 174 valence electrons. The van der Waals surface area contributed by atoms with Crippen molar-refractivity contribution in [1.82, 2.24) is 10.6 Å². The number of amides is 2. The normalized spacial score (nSPS) is 41.9. The third-order valence-corrected chi connectivity index (χ3v) is 5.32. The molecule has 2 rings (SSSR count). The average molecular weight is 436 g/mol. The van der Waals surface area contributed by atoms with E-state index in [1.807, 2.05) is 0 Å². The Morgan fingerprint density at radius 1 is 0.833 bits per heavy atom. The molecule has 0 aromatic heterocycles. The van der Waals surface area contributed by atoms with E-state index in [4.69, 9.17) is 14.2 Å². The Balaban J connectivity index is 2.29. The minimum absolute atomic E-state index is 0.397. The summed E-state index contributed by atoms with van der Waals surface area (Å²) < 4.78 is 17.1. The smallest absolute Gasteiger partial charge is 0.217 e. The second-order valence-electron chi connectivity index (χ2n) is 7.55. The average Bonchev–Trinajstić information content (AvgIpc) is 2.69. The summed E-state index contributed by atoms with van der Waals surface area (Å²) in [4.78, 5) is 23.1. The molecule has 0 aromatic carbocycles. The van der Waals surface area contributed by atoms with E-state index in [2.05, 4.69) is 10.6 Å². The fourth-order valence-electron chi connectivity index (χ4n) is 3.85. The summed E-state index contributed by atoms with van der Waals surface area (Å²) in [7, 11) is 0. The van der Waals surface area contributed by atoms with Crippen LogP contribution in [-0.2, 0) is 23.8 Å². The molecular weight excluding hydrogens is 404 g/mol. The van der Waals surface area contributed by atoms with E-state index in [1.165, 1.54) is 13.8 Å². The SMILES string of the molecule is CCC1OC(CO)C(OC2OC(CO)C(O)C(O)C2NC(C)=O)C(O)C1NC(C)=O. The largest absolute Gasteiger partial charge is 0.394 e. The summed E-state index contributed by atoms with van der Waals surface area (Å²) in [5.74, 6) is -0.932. The number of carbonyl (C=O) groups is 2. The fraction of sp³-hybridized carbons (Fsp3) is 0.889. The third-order valence-electron chi connectivity index (χ3n) is 5.32. The van der Waals surface area contributed by atoms with Gasteiger partial charge in [-0.2, -0.15) is 0 Å². The first kappa shape index (κ1) is 24.9. The van der Waals surface area contributed by atoms with E-state index in [0.29, 0.717) is 6.42 Å². The summed E-state index contributed by atoms with van der Waals surface area (Å²) in [6.45, 7) is 3.13. The lowest BCUT2D eigenvalue weighted by atomic mass is 9.90. The molecule has 0 radical (unpaired) electrons. The van der Waals surface area contributed by atoms with Gasteiger partial charge in [0.1, 0.15) is 42.7 Å². The molecule has 0 aliphatic carbocycles. The van der Waals surface area contributed by atoms with Gasteiger partial charge in [-0.25, -0.2) is 0 Å². The highest BCUT2D eigenvalue weighted by molar-refractivity contribution is 5.73. The standard InChI is InChI=1S/C18H32N2O10/c1-4-9-12(19-7(2)23)16(27)17(11(6-22)28-9)30-18-13(20-8(3)24)15(26)14(25)10(5-21)29-18/h9-18,21-22,25-27H,4-6H2,1-3H3,(H,19,23)(H,20,24). The van der Waals surface area contributed by atoms with Crippen LogP contribution in [-0.4, -0.2) is 112 Å². The summed E-state index contributed by atoms with van der Waals surface area (Å²) in [5.41, 5.74) is 0. The Bertz CT molecular complexity index is 593. The van der Waals surface area contributed by atoms with Gasteiger partial charge in [0, 0.05) is 13.8 Å². The van der Waals surface area contributed by atoms with E-state index < -0.39 is 86.1 Å². The molecule has 0 bridgehead atoms. The molecule has 0 spiro atoms. The second-order valence-corrected chi connectivity index (χ2v) is 7.55. The molecule has 12 nitrogen and oxygen atoms in total. The quantitative estimate of drug-likeness (QED) is 0.210. The molecule has 2 amide bonds. The Labute approximate surface area is 174 Å². The number of aliphatic hydroxyl groups is 5. The highest BCUT2D eigenvalue weighted by Crippen LogP contribution is 2.30. The van der Waals surface area contributed by atoms with Crippen LogP contribution < -0.4 is 10.6 Å². The van der Waals surface area contributed by atoms with Crippen molar-refractivity contribution >= 4 is 11.8 Å². The first-order valence-corrected chi connectivity index (χ1v) is 9.91. The number of carbonyl (C=O) groups excluding carboxylic acids is 2. The maximum Gasteiger partial charge on any atom is 0.217 e. The molecule has 2 heterocycles. The molecule has 7 N–H and O–H groups in total. The zero-order chi connectivity index (χ0) is 22.6. The number of aliphatic hydroxyl groups excluding tert-OH is 5. The van der Waals surface area contributed by atoms with Crippen LogP contribution in [0.25, 0.3) is 0 Å². The molecule has 2 aliphatic rings. The van der Waals surface area contributed by atoms with Crippen molar-refractivity contribution in [2.24, 2.45) is 0 Å². The summed E-state index contributed by atoms with van der Waals surface area (Å²) in [6, 6.07) is -2.07. The lowest BCUT2D eigenvalue weighted by Crippen LogP contribution is -2.69. The Hall–Kier alpha value is -1.38. The van der Waals surface area contributed by atoms with Gasteiger partial charge in [-0.15, -0.1) is 0 Å². The zero-order valence-electron chi connectivity index (χ0n) is 17.2. The molecule has 2 fully saturated rings. The molecule has 2 saturated heterocycles. The van der Waals surface area contributed by atoms with Gasteiger partial charge in [-0.05, 0) is 6.42 Å². The predicted octanol–water partition coefficient (Wildman–Crippen LogP) is -3.65. The van der Waals surface area contributed by atoms with Gasteiger partial charge in [0.2, 0.25) is 11.8 Å². The van der Waals surface area contributed by atoms with Crippen LogP contribution >= 0.6 is 0 Å². The van der Waals surface area contributed by atoms with Crippen LogP contribution in [0.2, 0.25) is 0 Å². The van der Waals surface area contributed by atoms with Crippen molar-refractivity contribution in [3.8, 4) is 0 Å². The van der Waals surface area contributed by atoms with Gasteiger partial charge in [-0.1, -0.05) is 6.92 Å². The van der Waals surface area contributed by atoms with Crippen LogP contribution in [0.5, 0.6) is 0 Å². The number of rotatable bonds is 7. The summed E-state index contributed by atoms with van der Waals surface area (Å²) in [5, 5.41) is 55.6. The molecule has 10 atom stereocenters. The van der Waals surface area contributed by atoms with E-state index in [1.54, 1.807) is 6.92 Å². The monoisotopic (exact) mass is 436 g/mol. The minimum atomic E-state index is -1.53. The van der Waals surface area contributed by atoms with Gasteiger partial charge in [-0.3, -0.25) is 9.59 Å².